The van der Waals surface area contributed by atoms with Gasteiger partial charge in [-0.3, -0.25) is 13.9 Å². The number of anilines is 1. The third-order valence-corrected chi connectivity index (χ3v) is 7.18. The maximum atomic E-state index is 13.5. The normalized spacial score (nSPS) is 12.9. The summed E-state index contributed by atoms with van der Waals surface area (Å²) < 4.78 is 70.7. The topological polar surface area (TPSA) is 96.0 Å². The van der Waals surface area contributed by atoms with Crippen LogP contribution in [-0.4, -0.2) is 56.6 Å². The fourth-order valence-corrected chi connectivity index (χ4v) is 5.14. The van der Waals surface area contributed by atoms with Gasteiger partial charge in [-0.15, -0.1) is 0 Å². The molecule has 0 aliphatic carbocycles. The van der Waals surface area contributed by atoms with Crippen LogP contribution in [-0.2, 0) is 32.3 Å². The lowest BCUT2D eigenvalue weighted by Crippen LogP contribution is -2.53. The molecular weight excluding hydrogens is 547 g/mol. The molecule has 0 aromatic heterocycles. The summed E-state index contributed by atoms with van der Waals surface area (Å²) in [6.07, 6.45) is -3.52. The minimum absolute atomic E-state index is 0.0219. The predicted molar refractivity (Wildman–Crippen MR) is 148 cm³/mol. The Morgan fingerprint density at radius 2 is 1.70 bits per heavy atom. The zero-order valence-corrected chi connectivity index (χ0v) is 24.5. The highest BCUT2D eigenvalue weighted by Gasteiger charge is 2.33. The molecule has 0 heterocycles. The van der Waals surface area contributed by atoms with Crippen molar-refractivity contribution in [2.75, 3.05) is 24.2 Å². The number of rotatable bonds is 12. The number of nitrogens with one attached hydrogen (secondary N) is 1. The second-order valence-corrected chi connectivity index (χ2v) is 12.4. The lowest BCUT2D eigenvalue weighted by atomic mass is 10.0. The summed E-state index contributed by atoms with van der Waals surface area (Å²) in [6.45, 7) is 7.18. The number of carbonyl (C=O) groups excluding carboxylic acids is 2. The van der Waals surface area contributed by atoms with Gasteiger partial charge >= 0.3 is 6.18 Å². The van der Waals surface area contributed by atoms with Crippen molar-refractivity contribution in [1.29, 1.82) is 0 Å². The van der Waals surface area contributed by atoms with Crippen LogP contribution in [0.2, 0.25) is 0 Å². The molecule has 12 heteroatoms. The van der Waals surface area contributed by atoms with Crippen LogP contribution in [0.5, 0.6) is 5.75 Å². The standard InChI is InChI=1S/C28H38F3N3O5S/c1-7-24(26(36)32-27(2,3)4)33(19-20-11-8-14-23(17-20)39-5)25(35)15-10-16-34(40(6,37)38)22-13-9-12-21(18-22)28(29,30)31/h8-9,11-14,17-18,24H,7,10,15-16,19H2,1-6H3,(H,32,36)/t24-/m0/s1. The Kier molecular flexibility index (Phi) is 11.0. The fourth-order valence-electron chi connectivity index (χ4n) is 4.18. The van der Waals surface area contributed by atoms with E-state index in [2.05, 4.69) is 5.32 Å². The maximum Gasteiger partial charge on any atom is 0.416 e. The van der Waals surface area contributed by atoms with Gasteiger partial charge in [0.2, 0.25) is 21.8 Å². The van der Waals surface area contributed by atoms with Gasteiger partial charge < -0.3 is 15.0 Å². The van der Waals surface area contributed by atoms with E-state index in [0.29, 0.717) is 12.2 Å². The Labute approximate surface area is 234 Å². The van der Waals surface area contributed by atoms with Crippen molar-refractivity contribution in [2.24, 2.45) is 0 Å². The molecule has 0 radical (unpaired) electrons. The third kappa shape index (κ3) is 9.72. The highest BCUT2D eigenvalue weighted by Crippen LogP contribution is 2.32. The molecule has 0 saturated heterocycles. The SMILES string of the molecule is CC[C@@H](C(=O)NC(C)(C)C)N(Cc1cccc(OC)c1)C(=O)CCCN(c1cccc(C(F)(F)F)c1)S(C)(=O)=O. The van der Waals surface area contributed by atoms with Gasteiger partial charge in [-0.2, -0.15) is 13.2 Å². The number of hydrogen-bond donors (Lipinski definition) is 1. The Morgan fingerprint density at radius 3 is 2.25 bits per heavy atom. The largest absolute Gasteiger partial charge is 0.497 e. The number of methoxy groups -OCH3 is 1. The number of amides is 2. The first-order valence-corrected chi connectivity index (χ1v) is 14.7. The van der Waals surface area contributed by atoms with Gasteiger partial charge in [0.1, 0.15) is 11.8 Å². The summed E-state index contributed by atoms with van der Waals surface area (Å²) in [5, 5.41) is 2.91. The van der Waals surface area contributed by atoms with Crippen LogP contribution in [0.4, 0.5) is 18.9 Å². The van der Waals surface area contributed by atoms with Gasteiger partial charge in [0.15, 0.2) is 0 Å². The van der Waals surface area contributed by atoms with Gasteiger partial charge in [0.25, 0.3) is 0 Å². The van der Waals surface area contributed by atoms with Crippen LogP contribution in [0, 0.1) is 0 Å². The summed E-state index contributed by atoms with van der Waals surface area (Å²) in [4.78, 5) is 28.1. The van der Waals surface area contributed by atoms with E-state index in [1.807, 2.05) is 20.8 Å². The minimum atomic E-state index is -4.64. The molecular formula is C28H38F3N3O5S. The predicted octanol–water partition coefficient (Wildman–Crippen LogP) is 4.98. The van der Waals surface area contributed by atoms with E-state index in [-0.39, 0.29) is 37.5 Å². The quantitative estimate of drug-likeness (QED) is 0.379. The molecule has 0 bridgehead atoms. The second-order valence-electron chi connectivity index (χ2n) is 10.5. The maximum absolute atomic E-state index is 13.5. The summed E-state index contributed by atoms with van der Waals surface area (Å²) >= 11 is 0. The van der Waals surface area contributed by atoms with E-state index in [1.165, 1.54) is 18.1 Å². The van der Waals surface area contributed by atoms with E-state index < -0.39 is 39.3 Å². The average Bonchev–Trinajstić information content (AvgIpc) is 2.84. The van der Waals surface area contributed by atoms with E-state index >= 15 is 0 Å². The molecule has 0 fully saturated rings. The van der Waals surface area contributed by atoms with E-state index in [1.54, 1.807) is 31.2 Å². The van der Waals surface area contributed by atoms with Crippen molar-refractivity contribution >= 4 is 27.5 Å². The number of carbonyl (C=O) groups is 2. The molecule has 1 atom stereocenters. The number of benzene rings is 2. The van der Waals surface area contributed by atoms with E-state index in [9.17, 15) is 31.2 Å². The van der Waals surface area contributed by atoms with Crippen LogP contribution >= 0.6 is 0 Å². The molecule has 2 aromatic rings. The van der Waals surface area contributed by atoms with Gasteiger partial charge in [-0.05, 0) is 69.5 Å². The second kappa shape index (κ2) is 13.4. The molecule has 222 valence electrons. The van der Waals surface area contributed by atoms with Crippen molar-refractivity contribution in [3.63, 3.8) is 0 Å². The van der Waals surface area contributed by atoms with Crippen molar-refractivity contribution in [3.05, 3.63) is 59.7 Å². The van der Waals surface area contributed by atoms with Crippen LogP contribution < -0.4 is 14.4 Å². The van der Waals surface area contributed by atoms with Crippen LogP contribution in [0.15, 0.2) is 48.5 Å². The zero-order chi connectivity index (χ0) is 30.3. The van der Waals surface area contributed by atoms with Gasteiger partial charge in [0, 0.05) is 25.0 Å². The number of ether oxygens (including phenoxy) is 1. The Bertz CT molecular complexity index is 1280. The number of sulfonamides is 1. The molecule has 1 N–H and O–H groups in total. The van der Waals surface area contributed by atoms with Crippen LogP contribution in [0.1, 0.15) is 58.1 Å². The van der Waals surface area contributed by atoms with Crippen molar-refractivity contribution in [3.8, 4) is 5.75 Å². The Hall–Kier alpha value is -3.28. The summed E-state index contributed by atoms with van der Waals surface area (Å²) in [6, 6.07) is 10.3. The van der Waals surface area contributed by atoms with Gasteiger partial charge in [-0.1, -0.05) is 25.1 Å². The monoisotopic (exact) mass is 585 g/mol. The number of halogens is 3. The highest BCUT2D eigenvalue weighted by atomic mass is 32.2. The van der Waals surface area contributed by atoms with Crippen molar-refractivity contribution in [1.82, 2.24) is 10.2 Å². The molecule has 2 aromatic carbocycles. The molecule has 0 aliphatic heterocycles. The van der Waals surface area contributed by atoms with E-state index in [0.717, 1.165) is 34.3 Å². The van der Waals surface area contributed by atoms with Gasteiger partial charge in [0.05, 0.1) is 24.6 Å². The van der Waals surface area contributed by atoms with Crippen LogP contribution in [0.25, 0.3) is 0 Å². The molecule has 2 amide bonds. The number of hydrogen-bond acceptors (Lipinski definition) is 5. The average molecular weight is 586 g/mol. The Morgan fingerprint density at radius 1 is 1.05 bits per heavy atom. The number of alkyl halides is 3. The van der Waals surface area contributed by atoms with Crippen molar-refractivity contribution < 1.29 is 35.9 Å². The smallest absolute Gasteiger partial charge is 0.416 e. The first-order valence-electron chi connectivity index (χ1n) is 12.9. The fraction of sp³-hybridized carbons (Fsp3) is 0.500. The first-order chi connectivity index (χ1) is 18.5. The molecule has 2 rings (SSSR count). The molecule has 0 aliphatic rings. The molecule has 8 nitrogen and oxygen atoms in total. The van der Waals surface area contributed by atoms with Gasteiger partial charge in [-0.25, -0.2) is 8.42 Å². The summed E-state index contributed by atoms with van der Waals surface area (Å²) in [5.74, 6) is -0.133. The molecule has 0 spiro atoms. The zero-order valence-electron chi connectivity index (χ0n) is 23.7. The number of nitrogens with zero attached hydrogens (tertiary/aromatic N) is 2. The lowest BCUT2D eigenvalue weighted by Gasteiger charge is -2.33. The van der Waals surface area contributed by atoms with Crippen LogP contribution in [0.3, 0.4) is 0 Å². The first kappa shape index (κ1) is 32.9. The minimum Gasteiger partial charge on any atom is -0.497 e. The van der Waals surface area contributed by atoms with Crippen molar-refractivity contribution in [2.45, 2.75) is 71.3 Å². The molecule has 0 unspecified atom stereocenters. The molecule has 0 saturated carbocycles. The Balaban J connectivity index is 2.30. The summed E-state index contributed by atoms with van der Waals surface area (Å²) in [5.41, 5.74) is -0.920. The van der Waals surface area contributed by atoms with E-state index in [4.69, 9.17) is 4.74 Å². The summed E-state index contributed by atoms with van der Waals surface area (Å²) in [7, 11) is -2.43. The molecule has 40 heavy (non-hydrogen) atoms. The lowest BCUT2D eigenvalue weighted by molar-refractivity contribution is -0.142. The highest BCUT2D eigenvalue weighted by molar-refractivity contribution is 7.92. The third-order valence-electron chi connectivity index (χ3n) is 5.98.